The van der Waals surface area contributed by atoms with Gasteiger partial charge in [-0.3, -0.25) is 28.8 Å². The number of ketones is 2. The fraction of sp³-hybridized carbons (Fsp3) is 0.308. The topological polar surface area (TPSA) is 155 Å². The Hall–Kier alpha value is -5.68. The molecule has 0 radical (unpaired) electrons. The summed E-state index contributed by atoms with van der Waals surface area (Å²) < 4.78 is 80.6. The number of hydrogen-bond acceptors (Lipinski definition) is 8. The van der Waals surface area contributed by atoms with Gasteiger partial charge in [0.15, 0.2) is 0 Å². The minimum atomic E-state index is -0.424. The Balaban J connectivity index is 0.000000275. The number of aldehydes is 1. The van der Waals surface area contributed by atoms with Crippen molar-refractivity contribution in [1.29, 1.82) is 0 Å². The summed E-state index contributed by atoms with van der Waals surface area (Å²) in [5.74, 6) is -1.08. The van der Waals surface area contributed by atoms with Gasteiger partial charge in [-0.05, 0) is 183 Å². The number of hydrogen-bond donors (Lipinski definition) is 1. The lowest BCUT2D eigenvalue weighted by molar-refractivity contribution is -0.119. The molecule has 2 N–H and O–H groups in total. The van der Waals surface area contributed by atoms with E-state index in [-0.39, 0.29) is 90.3 Å². The van der Waals surface area contributed by atoms with E-state index in [1.807, 2.05) is 0 Å². The SMILES string of the molecule is C.C=CCc1c(F)ccc2c1N(C)C(=O)CC2.CN1C(=O)CCc2ccc(F)c(Br)c21.CN1C(=O)CCc2ccc(F)c(CC=O)c21.Nc1cccc(F)c1Br.O=C(CCCl)Cc1cccc(F)c1Br.O=C(Cl)CCCl.O=C1CCc2ccc(F)c(Br)c2C1. The molecule has 0 saturated heterocycles. The summed E-state index contributed by atoms with van der Waals surface area (Å²) in [4.78, 5) is 81.7. The van der Waals surface area contributed by atoms with Crippen molar-refractivity contribution in [3.05, 3.63) is 195 Å². The van der Waals surface area contributed by atoms with Crippen molar-refractivity contribution in [2.24, 2.45) is 0 Å². The second kappa shape index (κ2) is 38.2. The average molecular weight is 1550 g/mol. The van der Waals surface area contributed by atoms with Gasteiger partial charge < -0.3 is 25.2 Å². The molecule has 89 heavy (non-hydrogen) atoms. The molecule has 11 nitrogen and oxygen atoms in total. The lowest BCUT2D eigenvalue weighted by Crippen LogP contribution is -2.32. The van der Waals surface area contributed by atoms with Gasteiger partial charge >= 0.3 is 0 Å². The largest absolute Gasteiger partial charge is 0.398 e. The van der Waals surface area contributed by atoms with Crippen molar-refractivity contribution < 1.29 is 59.9 Å². The van der Waals surface area contributed by atoms with Gasteiger partial charge in [-0.25, -0.2) is 26.3 Å². The number of Topliss-reactive ketones (excluding diaryl/α,β-unsaturated/α-hetero) is 2. The van der Waals surface area contributed by atoms with E-state index in [1.165, 1.54) is 46.2 Å². The number of benzene rings is 6. The maximum absolute atomic E-state index is 13.7. The average Bonchev–Trinajstić information content (AvgIpc) is 1.39. The molecular formula is C65H65Br4Cl3F6N4O7. The summed E-state index contributed by atoms with van der Waals surface area (Å²) in [6.07, 6.45) is 8.74. The third kappa shape index (κ3) is 22.3. The minimum absolute atomic E-state index is 0. The molecule has 0 unspecified atom stereocenters. The first-order chi connectivity index (χ1) is 41.7. The van der Waals surface area contributed by atoms with E-state index >= 15 is 0 Å². The Kier molecular flexibility index (Phi) is 33.3. The number of halogens is 13. The Morgan fingerprint density at radius 1 is 0.539 bits per heavy atom. The molecule has 0 atom stereocenters. The van der Waals surface area contributed by atoms with Crippen LogP contribution in [0.5, 0.6) is 0 Å². The lowest BCUT2D eigenvalue weighted by Gasteiger charge is -2.28. The first kappa shape index (κ1) is 77.6. The normalized spacial score (nSPS) is 13.2. The standard InChI is InChI=1S/C13H14FNO.C12H12FNO2.C10H9BrClFO.C10H9BrFNO.C10H8BrFO.C6H5BrFN.C3H4Cl2O.CH4/c1-3-4-10-11(14)7-5-9-6-8-12(16)15(2)13(9)10;1-14-11(16)5-3-8-2-4-10(13)9(6-7-15)12(8)14;11-10-7(2-1-3-9(10)13)6-8(14)4-5-12;1-13-8(14)5-3-6-2-4-7(12)9(11)10(6)13;11-10-8-5-7(13)3-1-6(8)2-4-9(10)12;7-6-4(8)2-1-3-5(6)9;4-2-1-3(5)6;/h3,5,7H,1,4,6,8H2,2H3;2,4,7H,3,5-6H2,1H3;1-3H,4-6H2;2,4H,3,5H2,1H3;2,4H,1,3,5H2;1-3H,9H2;1-2H2;1H4. The fourth-order valence-corrected chi connectivity index (χ4v) is 11.6. The summed E-state index contributed by atoms with van der Waals surface area (Å²) >= 11 is 27.8. The predicted octanol–water partition coefficient (Wildman–Crippen LogP) is 16.6. The van der Waals surface area contributed by atoms with E-state index in [0.29, 0.717) is 134 Å². The second-order valence-electron chi connectivity index (χ2n) is 19.7. The van der Waals surface area contributed by atoms with E-state index in [1.54, 1.807) is 80.6 Å². The Labute approximate surface area is 563 Å². The smallest absolute Gasteiger partial charge is 0.227 e. The molecule has 0 spiro atoms. The van der Waals surface area contributed by atoms with Gasteiger partial charge in [-0.1, -0.05) is 56.0 Å². The Morgan fingerprint density at radius 3 is 1.40 bits per heavy atom. The molecule has 0 aromatic heterocycles. The molecular weight excluding hydrogens is 1490 g/mol. The first-order valence-corrected chi connectivity index (χ1v) is 31.7. The molecule has 0 saturated carbocycles. The number of nitrogens with zero attached hydrogens (tertiary/aromatic N) is 3. The zero-order valence-corrected chi connectivity index (χ0v) is 56.6. The van der Waals surface area contributed by atoms with Crippen LogP contribution in [0, 0.1) is 34.9 Å². The van der Waals surface area contributed by atoms with E-state index in [0.717, 1.165) is 39.9 Å². The van der Waals surface area contributed by atoms with Crippen LogP contribution in [0.25, 0.3) is 0 Å². The number of alkyl halides is 2. The van der Waals surface area contributed by atoms with E-state index in [2.05, 4.69) is 70.3 Å². The van der Waals surface area contributed by atoms with Crippen LogP contribution in [0.2, 0.25) is 0 Å². The lowest BCUT2D eigenvalue weighted by atomic mass is 9.91. The Morgan fingerprint density at radius 2 is 0.955 bits per heavy atom. The van der Waals surface area contributed by atoms with Crippen molar-refractivity contribution >= 4 is 162 Å². The highest BCUT2D eigenvalue weighted by Gasteiger charge is 2.28. The van der Waals surface area contributed by atoms with Crippen LogP contribution in [0.1, 0.15) is 90.5 Å². The molecule has 6 aromatic rings. The van der Waals surface area contributed by atoms with Gasteiger partial charge in [0.1, 0.15) is 52.8 Å². The second-order valence-corrected chi connectivity index (χ2v) is 24.0. The monoisotopic (exact) mass is 1550 g/mol. The molecule has 6 aromatic carbocycles. The summed E-state index contributed by atoms with van der Waals surface area (Å²) in [7, 11) is 4.99. The molecule has 4 aliphatic rings. The molecule has 3 heterocycles. The number of allylic oxidation sites excluding steroid dienone is 1. The summed E-state index contributed by atoms with van der Waals surface area (Å²) in [6, 6.07) is 21.8. The first-order valence-electron chi connectivity index (χ1n) is 27.1. The molecule has 3 amide bonds. The highest BCUT2D eigenvalue weighted by molar-refractivity contribution is 9.11. The van der Waals surface area contributed by atoms with Crippen molar-refractivity contribution in [2.75, 3.05) is 53.3 Å². The van der Waals surface area contributed by atoms with E-state index in [9.17, 15) is 59.9 Å². The zero-order chi connectivity index (χ0) is 65.5. The van der Waals surface area contributed by atoms with Gasteiger partial charge in [0.2, 0.25) is 23.0 Å². The molecule has 24 heteroatoms. The van der Waals surface area contributed by atoms with Crippen LogP contribution in [0.15, 0.2) is 115 Å². The minimum Gasteiger partial charge on any atom is -0.398 e. The van der Waals surface area contributed by atoms with Gasteiger partial charge in [0.25, 0.3) is 0 Å². The van der Waals surface area contributed by atoms with Crippen molar-refractivity contribution in [3.63, 3.8) is 0 Å². The third-order valence-electron chi connectivity index (χ3n) is 13.8. The van der Waals surface area contributed by atoms with E-state index in [4.69, 9.17) is 40.5 Å². The Bertz CT molecular complexity index is 3440. The number of aryl methyl sites for hydroxylation is 4. The number of anilines is 4. The number of carbonyl (C=O) groups excluding carboxylic acids is 7. The summed E-state index contributed by atoms with van der Waals surface area (Å²) in [6.45, 7) is 3.62. The molecule has 0 fully saturated rings. The van der Waals surface area contributed by atoms with Crippen LogP contribution in [0.4, 0.5) is 49.1 Å². The molecule has 478 valence electrons. The van der Waals surface area contributed by atoms with Crippen LogP contribution in [-0.4, -0.2) is 73.7 Å². The number of nitrogens with two attached hydrogens (primary N) is 1. The van der Waals surface area contributed by atoms with Gasteiger partial charge in [-0.2, -0.15) is 0 Å². The van der Waals surface area contributed by atoms with Crippen LogP contribution in [-0.2, 0) is 84.9 Å². The van der Waals surface area contributed by atoms with E-state index < -0.39 is 5.82 Å². The van der Waals surface area contributed by atoms with Gasteiger partial charge in [0, 0.05) is 108 Å². The number of rotatable bonds is 10. The van der Waals surface area contributed by atoms with Crippen molar-refractivity contribution in [1.82, 2.24) is 0 Å². The number of nitrogen functional groups attached to an aromatic ring is 1. The summed E-state index contributed by atoms with van der Waals surface area (Å²) in [5, 5.41) is -0.370. The zero-order valence-electron chi connectivity index (χ0n) is 47.9. The molecule has 3 aliphatic heterocycles. The van der Waals surface area contributed by atoms with Crippen LogP contribution < -0.4 is 20.4 Å². The van der Waals surface area contributed by atoms with Crippen LogP contribution in [0.3, 0.4) is 0 Å². The number of carbonyl (C=O) groups is 7. The van der Waals surface area contributed by atoms with Crippen molar-refractivity contribution in [3.8, 4) is 0 Å². The van der Waals surface area contributed by atoms with Gasteiger partial charge in [0.05, 0.1) is 35.0 Å². The molecule has 0 bridgehead atoms. The maximum Gasteiger partial charge on any atom is 0.227 e. The van der Waals surface area contributed by atoms with Crippen LogP contribution >= 0.6 is 98.5 Å². The third-order valence-corrected chi connectivity index (χ3v) is 17.7. The highest BCUT2D eigenvalue weighted by atomic mass is 79.9. The quantitative estimate of drug-likeness (QED) is 0.0355. The predicted molar refractivity (Wildman–Crippen MR) is 356 cm³/mol. The summed E-state index contributed by atoms with van der Waals surface area (Å²) in [5.41, 5.74) is 14.2. The number of amides is 3. The van der Waals surface area contributed by atoms with Crippen molar-refractivity contribution in [2.45, 2.75) is 97.3 Å². The maximum atomic E-state index is 13.7. The number of fused-ring (bicyclic) bond motifs is 4. The highest BCUT2D eigenvalue weighted by Crippen LogP contribution is 2.37. The molecule has 10 rings (SSSR count). The van der Waals surface area contributed by atoms with Gasteiger partial charge in [-0.15, -0.1) is 29.8 Å². The molecule has 1 aliphatic carbocycles. The fourth-order valence-electron chi connectivity index (χ4n) is 9.23.